The average molecular weight is 314 g/mol. The lowest BCUT2D eigenvalue weighted by Crippen LogP contribution is -2.50. The molecule has 4 rings (SSSR count). The van der Waals surface area contributed by atoms with Crippen LogP contribution in [-0.4, -0.2) is 64.2 Å². The molecule has 0 aromatic carbocycles. The number of nitrogens with one attached hydrogen (secondary N) is 1. The number of hydrogen-bond acceptors (Lipinski definition) is 5. The van der Waals surface area contributed by atoms with Crippen LogP contribution in [0.3, 0.4) is 0 Å². The molecule has 2 fully saturated rings. The van der Waals surface area contributed by atoms with Crippen molar-refractivity contribution >= 4 is 17.2 Å². The lowest BCUT2D eigenvalue weighted by molar-refractivity contribution is -0.122. The van der Waals surface area contributed by atoms with Gasteiger partial charge in [-0.3, -0.25) is 9.69 Å². The zero-order chi connectivity index (χ0) is 15.8. The molecular formula is C16H22N6O. The predicted molar refractivity (Wildman–Crippen MR) is 87.5 cm³/mol. The number of carbonyl (C=O) groups is 1. The fourth-order valence-electron chi connectivity index (χ4n) is 3.10. The first-order valence-electron chi connectivity index (χ1n) is 8.27. The highest BCUT2D eigenvalue weighted by Crippen LogP contribution is 2.21. The van der Waals surface area contributed by atoms with Gasteiger partial charge in [-0.1, -0.05) is 0 Å². The van der Waals surface area contributed by atoms with E-state index in [-0.39, 0.29) is 5.91 Å². The highest BCUT2D eigenvalue weighted by atomic mass is 16.2. The second kappa shape index (κ2) is 5.81. The van der Waals surface area contributed by atoms with Crippen molar-refractivity contribution in [1.82, 2.24) is 24.8 Å². The maximum absolute atomic E-state index is 11.9. The standard InChI is InChI=1S/C16H22N6O/c1-12-10-14-16(17-4-5-22(14)19-12)21-8-6-20(7-9-21)11-15(23)18-13-2-3-13/h4-5,10,13H,2-3,6-9,11H2,1H3,(H,18,23). The largest absolute Gasteiger partial charge is 0.352 e. The van der Waals surface area contributed by atoms with Crippen LogP contribution in [-0.2, 0) is 4.79 Å². The molecule has 23 heavy (non-hydrogen) atoms. The Morgan fingerprint density at radius 2 is 2.09 bits per heavy atom. The number of nitrogens with zero attached hydrogens (tertiary/aromatic N) is 5. The molecule has 1 amide bonds. The molecule has 1 N–H and O–H groups in total. The van der Waals surface area contributed by atoms with Crippen LogP contribution in [0, 0.1) is 6.92 Å². The number of anilines is 1. The lowest BCUT2D eigenvalue weighted by atomic mass is 10.3. The maximum Gasteiger partial charge on any atom is 0.234 e. The average Bonchev–Trinajstić information content (AvgIpc) is 3.25. The molecule has 1 saturated heterocycles. The normalized spacial score (nSPS) is 19.3. The summed E-state index contributed by atoms with van der Waals surface area (Å²) in [6.07, 6.45) is 5.95. The van der Waals surface area contributed by atoms with E-state index >= 15 is 0 Å². The molecule has 3 heterocycles. The van der Waals surface area contributed by atoms with E-state index in [1.54, 1.807) is 6.20 Å². The molecule has 122 valence electrons. The Balaban J connectivity index is 1.39. The van der Waals surface area contributed by atoms with Crippen LogP contribution >= 0.6 is 0 Å². The van der Waals surface area contributed by atoms with Gasteiger partial charge in [0.15, 0.2) is 5.82 Å². The van der Waals surface area contributed by atoms with Gasteiger partial charge in [0.05, 0.1) is 12.2 Å². The number of piperazine rings is 1. The summed E-state index contributed by atoms with van der Waals surface area (Å²) in [5.41, 5.74) is 2.04. The quantitative estimate of drug-likeness (QED) is 0.887. The van der Waals surface area contributed by atoms with Gasteiger partial charge >= 0.3 is 0 Å². The molecule has 0 bridgehead atoms. The molecule has 0 atom stereocenters. The van der Waals surface area contributed by atoms with E-state index in [2.05, 4.69) is 31.3 Å². The summed E-state index contributed by atoms with van der Waals surface area (Å²) in [5.74, 6) is 1.14. The van der Waals surface area contributed by atoms with Crippen LogP contribution in [0.2, 0.25) is 0 Å². The van der Waals surface area contributed by atoms with E-state index in [4.69, 9.17) is 0 Å². The zero-order valence-corrected chi connectivity index (χ0v) is 13.4. The van der Waals surface area contributed by atoms with E-state index < -0.39 is 0 Å². The maximum atomic E-state index is 11.9. The summed E-state index contributed by atoms with van der Waals surface area (Å²) in [4.78, 5) is 20.9. The van der Waals surface area contributed by atoms with Gasteiger partial charge in [0.1, 0.15) is 5.52 Å². The molecule has 2 aromatic heterocycles. The third-order valence-electron chi connectivity index (χ3n) is 4.47. The third kappa shape index (κ3) is 3.14. The van der Waals surface area contributed by atoms with E-state index in [0.717, 1.165) is 56.0 Å². The van der Waals surface area contributed by atoms with Crippen molar-refractivity contribution in [2.24, 2.45) is 0 Å². The Morgan fingerprint density at radius 3 is 2.83 bits per heavy atom. The zero-order valence-electron chi connectivity index (χ0n) is 13.4. The SMILES string of the molecule is Cc1cc2c(N3CCN(CC(=O)NC4CC4)CC3)nccn2n1. The minimum absolute atomic E-state index is 0.160. The number of aryl methyl sites for hydroxylation is 1. The fraction of sp³-hybridized carbons (Fsp3) is 0.562. The fourth-order valence-corrected chi connectivity index (χ4v) is 3.10. The summed E-state index contributed by atoms with van der Waals surface area (Å²) >= 11 is 0. The summed E-state index contributed by atoms with van der Waals surface area (Å²) in [7, 11) is 0. The first-order chi connectivity index (χ1) is 11.2. The van der Waals surface area contributed by atoms with Crippen LogP contribution < -0.4 is 10.2 Å². The number of rotatable bonds is 4. The molecule has 0 spiro atoms. The molecule has 7 heteroatoms. The van der Waals surface area contributed by atoms with Gasteiger partial charge in [-0.05, 0) is 25.8 Å². The van der Waals surface area contributed by atoms with Gasteiger partial charge in [-0.15, -0.1) is 0 Å². The van der Waals surface area contributed by atoms with Crippen molar-refractivity contribution in [3.63, 3.8) is 0 Å². The van der Waals surface area contributed by atoms with E-state index in [1.165, 1.54) is 0 Å². The van der Waals surface area contributed by atoms with Crippen molar-refractivity contribution in [1.29, 1.82) is 0 Å². The Kier molecular flexibility index (Phi) is 3.65. The van der Waals surface area contributed by atoms with Crippen molar-refractivity contribution in [2.75, 3.05) is 37.6 Å². The third-order valence-corrected chi connectivity index (χ3v) is 4.47. The van der Waals surface area contributed by atoms with Crippen LogP contribution in [0.25, 0.3) is 5.52 Å². The molecule has 1 saturated carbocycles. The van der Waals surface area contributed by atoms with E-state index in [1.807, 2.05) is 17.6 Å². The number of aromatic nitrogens is 3. The summed E-state index contributed by atoms with van der Waals surface area (Å²) < 4.78 is 1.88. The Hall–Kier alpha value is -2.15. The van der Waals surface area contributed by atoms with E-state index in [0.29, 0.717) is 12.6 Å². The topological polar surface area (TPSA) is 65.8 Å². The number of fused-ring (bicyclic) bond motifs is 1. The van der Waals surface area contributed by atoms with Crippen molar-refractivity contribution in [2.45, 2.75) is 25.8 Å². The highest BCUT2D eigenvalue weighted by Gasteiger charge is 2.26. The van der Waals surface area contributed by atoms with Gasteiger partial charge in [0.25, 0.3) is 0 Å². The second-order valence-corrected chi connectivity index (χ2v) is 6.47. The lowest BCUT2D eigenvalue weighted by Gasteiger charge is -2.35. The van der Waals surface area contributed by atoms with Crippen molar-refractivity contribution < 1.29 is 4.79 Å². The van der Waals surface area contributed by atoms with Gasteiger partial charge in [-0.2, -0.15) is 5.10 Å². The van der Waals surface area contributed by atoms with Crippen LogP contribution in [0.15, 0.2) is 18.5 Å². The molecular weight excluding hydrogens is 292 g/mol. The van der Waals surface area contributed by atoms with Crippen LogP contribution in [0.5, 0.6) is 0 Å². The van der Waals surface area contributed by atoms with Gasteiger partial charge < -0.3 is 10.2 Å². The first-order valence-corrected chi connectivity index (χ1v) is 8.27. The summed E-state index contributed by atoms with van der Waals surface area (Å²) in [6, 6.07) is 2.51. The second-order valence-electron chi connectivity index (χ2n) is 6.47. The molecule has 2 aliphatic rings. The van der Waals surface area contributed by atoms with Gasteiger partial charge in [0, 0.05) is 44.6 Å². The van der Waals surface area contributed by atoms with Crippen LogP contribution in [0.4, 0.5) is 5.82 Å². The highest BCUT2D eigenvalue weighted by molar-refractivity contribution is 5.78. The van der Waals surface area contributed by atoms with Gasteiger partial charge in [-0.25, -0.2) is 9.50 Å². The van der Waals surface area contributed by atoms with Crippen molar-refractivity contribution in [3.8, 4) is 0 Å². The van der Waals surface area contributed by atoms with Crippen molar-refractivity contribution in [3.05, 3.63) is 24.2 Å². The summed E-state index contributed by atoms with van der Waals surface area (Å²) in [5, 5.41) is 7.50. The van der Waals surface area contributed by atoms with Crippen LogP contribution in [0.1, 0.15) is 18.5 Å². The molecule has 0 radical (unpaired) electrons. The molecule has 1 aliphatic heterocycles. The molecule has 7 nitrogen and oxygen atoms in total. The molecule has 2 aromatic rings. The molecule has 1 aliphatic carbocycles. The number of hydrogen-bond donors (Lipinski definition) is 1. The Bertz CT molecular complexity index is 714. The summed E-state index contributed by atoms with van der Waals surface area (Å²) in [6.45, 7) is 6.03. The number of amides is 1. The number of carbonyl (C=O) groups excluding carboxylic acids is 1. The minimum Gasteiger partial charge on any atom is -0.352 e. The van der Waals surface area contributed by atoms with Gasteiger partial charge in [0.2, 0.25) is 5.91 Å². The minimum atomic E-state index is 0.160. The molecule has 0 unspecified atom stereocenters. The smallest absolute Gasteiger partial charge is 0.234 e. The monoisotopic (exact) mass is 314 g/mol. The Labute approximate surface area is 135 Å². The Morgan fingerprint density at radius 1 is 1.30 bits per heavy atom. The first kappa shape index (κ1) is 14.4. The predicted octanol–water partition coefficient (Wildman–Crippen LogP) is 0.438. The van der Waals surface area contributed by atoms with E-state index in [9.17, 15) is 4.79 Å².